The summed E-state index contributed by atoms with van der Waals surface area (Å²) < 4.78 is 1.55. The molecule has 0 saturated carbocycles. The number of rotatable bonds is 2. The van der Waals surface area contributed by atoms with Crippen molar-refractivity contribution in [2.45, 2.75) is 0 Å². The molecule has 0 aliphatic rings. The van der Waals surface area contributed by atoms with Crippen LogP contribution in [-0.4, -0.2) is 31.6 Å². The number of aromatic amines is 1. The summed E-state index contributed by atoms with van der Waals surface area (Å²) in [5.74, 6) is 0.657. The Hall–Kier alpha value is -2.18. The predicted molar refractivity (Wildman–Crippen MR) is 49.3 cm³/mol. The number of anilines is 1. The van der Waals surface area contributed by atoms with E-state index in [0.29, 0.717) is 5.95 Å². The maximum atomic E-state index is 11.1. The second kappa shape index (κ2) is 3.29. The van der Waals surface area contributed by atoms with E-state index in [1.807, 2.05) is 0 Å². The number of H-pyrrole nitrogens is 1. The molecule has 72 valence electrons. The fourth-order valence-corrected chi connectivity index (χ4v) is 0.984. The first-order chi connectivity index (χ1) is 6.79. The molecule has 0 saturated heterocycles. The molecule has 2 N–H and O–H groups in total. The van der Waals surface area contributed by atoms with Gasteiger partial charge in [0, 0.05) is 19.4 Å². The van der Waals surface area contributed by atoms with Crippen LogP contribution in [-0.2, 0) is 0 Å². The first-order valence-corrected chi connectivity index (χ1v) is 3.94. The third-order valence-electron chi connectivity index (χ3n) is 1.61. The van der Waals surface area contributed by atoms with Crippen molar-refractivity contribution in [2.24, 2.45) is 0 Å². The van der Waals surface area contributed by atoms with Crippen molar-refractivity contribution in [3.63, 3.8) is 0 Å². The van der Waals surface area contributed by atoms with Crippen LogP contribution in [0, 0.1) is 0 Å². The van der Waals surface area contributed by atoms with Crippen molar-refractivity contribution in [3.8, 4) is 5.95 Å². The number of nitrogens with zero attached hydrogens (tertiary/aromatic N) is 4. The zero-order valence-corrected chi connectivity index (χ0v) is 7.43. The molecular formula is C7H8N6O. The Kier molecular flexibility index (Phi) is 1.98. The van der Waals surface area contributed by atoms with Gasteiger partial charge in [0.1, 0.15) is 6.33 Å². The van der Waals surface area contributed by atoms with Gasteiger partial charge in [-0.2, -0.15) is 9.97 Å². The lowest BCUT2D eigenvalue weighted by Gasteiger charge is -2.01. The van der Waals surface area contributed by atoms with Gasteiger partial charge in [-0.1, -0.05) is 0 Å². The minimum Gasteiger partial charge on any atom is -0.359 e. The standard InChI is InChI=1S/C7H8N6O/c1-8-5-10-6(12-7(14)11-5)13-3-2-9-4-13/h2-4H,1H3,(H2,8,10,11,12,14). The summed E-state index contributed by atoms with van der Waals surface area (Å²) >= 11 is 0. The smallest absolute Gasteiger partial charge is 0.351 e. The third kappa shape index (κ3) is 1.47. The molecule has 0 aromatic carbocycles. The summed E-state index contributed by atoms with van der Waals surface area (Å²) in [5, 5.41) is 2.73. The van der Waals surface area contributed by atoms with E-state index in [4.69, 9.17) is 0 Å². The van der Waals surface area contributed by atoms with Gasteiger partial charge < -0.3 is 5.32 Å². The van der Waals surface area contributed by atoms with Crippen LogP contribution in [0.1, 0.15) is 0 Å². The third-order valence-corrected chi connectivity index (χ3v) is 1.61. The van der Waals surface area contributed by atoms with E-state index in [2.05, 4.69) is 25.3 Å². The van der Waals surface area contributed by atoms with E-state index < -0.39 is 5.69 Å². The number of aromatic nitrogens is 5. The van der Waals surface area contributed by atoms with Gasteiger partial charge in [0.25, 0.3) is 0 Å². The second-order valence-corrected chi connectivity index (χ2v) is 2.52. The fraction of sp³-hybridized carbons (Fsp3) is 0.143. The topological polar surface area (TPSA) is 88.5 Å². The van der Waals surface area contributed by atoms with Gasteiger partial charge in [-0.3, -0.25) is 9.55 Å². The Morgan fingerprint density at radius 1 is 1.50 bits per heavy atom. The van der Waals surface area contributed by atoms with Crippen molar-refractivity contribution >= 4 is 5.95 Å². The molecule has 2 rings (SSSR count). The normalized spacial score (nSPS) is 10.1. The van der Waals surface area contributed by atoms with Gasteiger partial charge in [-0.05, 0) is 0 Å². The highest BCUT2D eigenvalue weighted by molar-refractivity contribution is 5.25. The lowest BCUT2D eigenvalue weighted by Crippen LogP contribution is -2.17. The first kappa shape index (κ1) is 8.42. The van der Waals surface area contributed by atoms with Crippen LogP contribution >= 0.6 is 0 Å². The van der Waals surface area contributed by atoms with Gasteiger partial charge in [0.05, 0.1) is 0 Å². The summed E-state index contributed by atoms with van der Waals surface area (Å²) in [6.45, 7) is 0. The van der Waals surface area contributed by atoms with E-state index in [9.17, 15) is 4.79 Å². The Morgan fingerprint density at radius 2 is 2.36 bits per heavy atom. The quantitative estimate of drug-likeness (QED) is 0.662. The maximum absolute atomic E-state index is 11.1. The van der Waals surface area contributed by atoms with Gasteiger partial charge in [0.2, 0.25) is 11.9 Å². The average Bonchev–Trinajstić information content (AvgIpc) is 2.69. The Morgan fingerprint density at radius 3 is 3.00 bits per heavy atom. The number of hydrogen-bond acceptors (Lipinski definition) is 5. The summed E-state index contributed by atoms with van der Waals surface area (Å²) in [4.78, 5) is 25.1. The highest BCUT2D eigenvalue weighted by Crippen LogP contribution is 1.98. The highest BCUT2D eigenvalue weighted by atomic mass is 16.1. The number of nitrogens with one attached hydrogen (secondary N) is 2. The number of hydrogen-bond donors (Lipinski definition) is 2. The summed E-state index contributed by atoms with van der Waals surface area (Å²) in [6, 6.07) is 0. The zero-order chi connectivity index (χ0) is 9.97. The molecule has 0 aliphatic carbocycles. The Labute approximate surface area is 78.9 Å². The molecule has 7 heteroatoms. The summed E-state index contributed by atoms with van der Waals surface area (Å²) in [7, 11) is 1.66. The molecule has 0 radical (unpaired) electrons. The monoisotopic (exact) mass is 192 g/mol. The largest absolute Gasteiger partial charge is 0.359 e. The van der Waals surface area contributed by atoms with Crippen LogP contribution in [0.4, 0.5) is 5.95 Å². The molecule has 14 heavy (non-hydrogen) atoms. The van der Waals surface area contributed by atoms with Gasteiger partial charge >= 0.3 is 5.69 Å². The molecule has 0 aliphatic heterocycles. The highest BCUT2D eigenvalue weighted by Gasteiger charge is 2.02. The molecular weight excluding hydrogens is 184 g/mol. The van der Waals surface area contributed by atoms with E-state index in [1.54, 1.807) is 24.0 Å². The molecule has 0 fully saturated rings. The SMILES string of the molecule is CNc1nc(-n2ccnc2)nc(=O)[nH]1. The summed E-state index contributed by atoms with van der Waals surface area (Å²) in [5.41, 5.74) is -0.451. The van der Waals surface area contributed by atoms with Crippen molar-refractivity contribution in [2.75, 3.05) is 12.4 Å². The van der Waals surface area contributed by atoms with Crippen molar-refractivity contribution in [1.82, 2.24) is 24.5 Å². The predicted octanol–water partition coefficient (Wildman–Crippen LogP) is -0.608. The minimum absolute atomic E-state index is 0.288. The first-order valence-electron chi connectivity index (χ1n) is 3.94. The van der Waals surface area contributed by atoms with E-state index in [1.165, 1.54) is 6.33 Å². The minimum atomic E-state index is -0.451. The zero-order valence-electron chi connectivity index (χ0n) is 7.43. The molecule has 2 aromatic heterocycles. The average molecular weight is 192 g/mol. The van der Waals surface area contributed by atoms with Gasteiger partial charge in [-0.15, -0.1) is 0 Å². The maximum Gasteiger partial charge on any atom is 0.351 e. The van der Waals surface area contributed by atoms with Crippen LogP contribution in [0.25, 0.3) is 5.95 Å². The van der Waals surface area contributed by atoms with Crippen LogP contribution in [0.2, 0.25) is 0 Å². The van der Waals surface area contributed by atoms with Crippen molar-refractivity contribution in [3.05, 3.63) is 29.2 Å². The van der Waals surface area contributed by atoms with E-state index in [-0.39, 0.29) is 5.95 Å². The van der Waals surface area contributed by atoms with Crippen LogP contribution in [0.15, 0.2) is 23.5 Å². The number of imidazole rings is 1. The van der Waals surface area contributed by atoms with E-state index in [0.717, 1.165) is 0 Å². The van der Waals surface area contributed by atoms with Crippen molar-refractivity contribution in [1.29, 1.82) is 0 Å². The van der Waals surface area contributed by atoms with Gasteiger partial charge in [-0.25, -0.2) is 9.78 Å². The van der Waals surface area contributed by atoms with Crippen LogP contribution in [0.3, 0.4) is 0 Å². The molecule has 2 aromatic rings. The van der Waals surface area contributed by atoms with E-state index >= 15 is 0 Å². The Bertz CT molecular complexity index is 473. The Balaban J connectivity index is 2.54. The lowest BCUT2D eigenvalue weighted by molar-refractivity contribution is 0.871. The molecule has 0 amide bonds. The molecule has 2 heterocycles. The lowest BCUT2D eigenvalue weighted by atomic mass is 10.8. The molecule has 0 atom stereocenters. The molecule has 0 bridgehead atoms. The van der Waals surface area contributed by atoms with Gasteiger partial charge in [0.15, 0.2) is 0 Å². The molecule has 0 spiro atoms. The van der Waals surface area contributed by atoms with Crippen LogP contribution < -0.4 is 11.0 Å². The molecule has 0 unspecified atom stereocenters. The summed E-state index contributed by atoms with van der Waals surface area (Å²) in [6.07, 6.45) is 4.77. The van der Waals surface area contributed by atoms with Crippen LogP contribution in [0.5, 0.6) is 0 Å². The van der Waals surface area contributed by atoms with Crippen molar-refractivity contribution < 1.29 is 0 Å². The molecule has 7 nitrogen and oxygen atoms in total. The fourth-order valence-electron chi connectivity index (χ4n) is 0.984. The second-order valence-electron chi connectivity index (χ2n) is 2.52.